The number of carboxylic acid groups (broad SMARTS) is 1. The van der Waals surface area contributed by atoms with Crippen LogP contribution in [0.4, 0.5) is 0 Å². The summed E-state index contributed by atoms with van der Waals surface area (Å²) in [5.41, 5.74) is 0.0267. The molecular weight excluding hydrogens is 262 g/mol. The summed E-state index contributed by atoms with van der Waals surface area (Å²) < 4.78 is 0. The van der Waals surface area contributed by atoms with Gasteiger partial charge in [0.1, 0.15) is 5.70 Å². The largest absolute Gasteiger partial charge is 0.477 e. The Morgan fingerprint density at radius 3 is 2.47 bits per heavy atom. The van der Waals surface area contributed by atoms with E-state index in [9.17, 15) is 9.59 Å². The second-order valence-corrected chi connectivity index (χ2v) is 6.18. The third-order valence-electron chi connectivity index (χ3n) is 3.53. The van der Waals surface area contributed by atoms with Gasteiger partial charge in [0.05, 0.1) is 0 Å². The van der Waals surface area contributed by atoms with Crippen LogP contribution in [0.3, 0.4) is 0 Å². The van der Waals surface area contributed by atoms with Crippen LogP contribution in [-0.2, 0) is 9.59 Å². The molecule has 1 aliphatic rings. The first-order chi connectivity index (χ1) is 8.88. The van der Waals surface area contributed by atoms with Crippen LogP contribution in [0.2, 0.25) is 0 Å². The normalized spacial score (nSPS) is 21.0. The maximum atomic E-state index is 11.8. The van der Waals surface area contributed by atoms with Crippen molar-refractivity contribution in [3.63, 3.8) is 0 Å². The zero-order valence-electron chi connectivity index (χ0n) is 11.6. The Bertz CT molecular complexity index is 377. The molecule has 2 N–H and O–H groups in total. The van der Waals surface area contributed by atoms with E-state index >= 15 is 0 Å². The number of allylic oxidation sites excluding steroid dienone is 1. The molecular formula is C14H23NO3S. The highest BCUT2D eigenvalue weighted by Gasteiger charge is 2.50. The molecule has 1 amide bonds. The topological polar surface area (TPSA) is 66.4 Å². The van der Waals surface area contributed by atoms with Crippen LogP contribution in [0.5, 0.6) is 0 Å². The fourth-order valence-electron chi connectivity index (χ4n) is 2.01. The first kappa shape index (κ1) is 16.1. The summed E-state index contributed by atoms with van der Waals surface area (Å²) in [5, 5.41) is 11.6. The van der Waals surface area contributed by atoms with Gasteiger partial charge < -0.3 is 10.4 Å². The Labute approximate surface area is 120 Å². The van der Waals surface area contributed by atoms with E-state index in [0.29, 0.717) is 6.42 Å². The number of aliphatic carboxylic acids is 1. The maximum absolute atomic E-state index is 11.8. The zero-order valence-corrected chi connectivity index (χ0v) is 12.5. The second-order valence-electron chi connectivity index (χ2n) is 5.73. The molecule has 4 nitrogen and oxygen atoms in total. The van der Waals surface area contributed by atoms with Crippen LogP contribution in [0.1, 0.15) is 46.0 Å². The van der Waals surface area contributed by atoms with E-state index < -0.39 is 5.97 Å². The molecule has 0 radical (unpaired) electrons. The lowest BCUT2D eigenvalue weighted by molar-refractivity contribution is -0.135. The Balaban J connectivity index is 2.42. The van der Waals surface area contributed by atoms with Crippen molar-refractivity contribution in [2.24, 2.45) is 11.3 Å². The standard InChI is InChI=1S/C14H23NO3S/c1-14(2)9-10(14)12(16)15-11(13(17)18)7-5-3-4-6-8-19/h7,10,19H,3-6,8-9H2,1-2H3,(H,15,16)(H,17,18)/b11-7-. The molecule has 0 spiro atoms. The average Bonchev–Trinajstić information content (AvgIpc) is 2.96. The molecule has 5 heteroatoms. The number of carbonyl (C=O) groups is 2. The van der Waals surface area contributed by atoms with Gasteiger partial charge in [-0.3, -0.25) is 4.79 Å². The molecule has 1 atom stereocenters. The van der Waals surface area contributed by atoms with E-state index in [1.807, 2.05) is 13.8 Å². The molecule has 0 aromatic carbocycles. The molecule has 1 rings (SSSR count). The van der Waals surface area contributed by atoms with Crippen molar-refractivity contribution in [3.8, 4) is 0 Å². The van der Waals surface area contributed by atoms with E-state index in [1.54, 1.807) is 6.08 Å². The van der Waals surface area contributed by atoms with E-state index in [0.717, 1.165) is 31.4 Å². The van der Waals surface area contributed by atoms with Gasteiger partial charge in [-0.15, -0.1) is 0 Å². The first-order valence-corrected chi connectivity index (χ1v) is 7.37. The SMILES string of the molecule is CC1(C)CC1C(=O)N/C(=C\CCCCCS)C(=O)O. The van der Waals surface area contributed by atoms with Crippen molar-refractivity contribution in [2.75, 3.05) is 5.75 Å². The number of unbranched alkanes of at least 4 members (excludes halogenated alkanes) is 3. The number of hydrogen-bond donors (Lipinski definition) is 3. The number of thiol groups is 1. The summed E-state index contributed by atoms with van der Waals surface area (Å²) >= 11 is 4.12. The molecule has 1 aliphatic carbocycles. The zero-order chi connectivity index (χ0) is 14.5. The molecule has 0 aromatic rings. The summed E-state index contributed by atoms with van der Waals surface area (Å²) in [7, 11) is 0. The number of hydrogen-bond acceptors (Lipinski definition) is 3. The molecule has 1 unspecified atom stereocenters. The molecule has 0 bridgehead atoms. The minimum Gasteiger partial charge on any atom is -0.477 e. The highest BCUT2D eigenvalue weighted by Crippen LogP contribution is 2.51. The van der Waals surface area contributed by atoms with Crippen molar-refractivity contribution < 1.29 is 14.7 Å². The summed E-state index contributed by atoms with van der Waals surface area (Å²) in [4.78, 5) is 22.9. The molecule has 108 valence electrons. The summed E-state index contributed by atoms with van der Waals surface area (Å²) in [6.07, 6.45) is 6.08. The van der Waals surface area contributed by atoms with Gasteiger partial charge in [0.2, 0.25) is 5.91 Å². The third kappa shape index (κ3) is 5.27. The maximum Gasteiger partial charge on any atom is 0.352 e. The lowest BCUT2D eigenvalue weighted by Gasteiger charge is -2.07. The number of rotatable bonds is 8. The van der Waals surface area contributed by atoms with Gasteiger partial charge in [-0.2, -0.15) is 12.6 Å². The van der Waals surface area contributed by atoms with E-state index in [-0.39, 0.29) is 22.9 Å². The van der Waals surface area contributed by atoms with Crippen LogP contribution in [-0.4, -0.2) is 22.7 Å². The smallest absolute Gasteiger partial charge is 0.352 e. The molecule has 0 aliphatic heterocycles. The van der Waals surface area contributed by atoms with Gasteiger partial charge in [-0.25, -0.2) is 4.79 Å². The van der Waals surface area contributed by atoms with Crippen LogP contribution in [0, 0.1) is 11.3 Å². The molecule has 0 heterocycles. The predicted octanol–water partition coefficient (Wildman–Crippen LogP) is 2.61. The van der Waals surface area contributed by atoms with Crippen LogP contribution in [0.15, 0.2) is 11.8 Å². The van der Waals surface area contributed by atoms with Crippen molar-refractivity contribution >= 4 is 24.5 Å². The predicted molar refractivity (Wildman–Crippen MR) is 78.1 cm³/mol. The molecule has 0 aromatic heterocycles. The van der Waals surface area contributed by atoms with Gasteiger partial charge >= 0.3 is 5.97 Å². The molecule has 1 fully saturated rings. The Morgan fingerprint density at radius 2 is 2.00 bits per heavy atom. The van der Waals surface area contributed by atoms with Crippen molar-refractivity contribution in [2.45, 2.75) is 46.0 Å². The monoisotopic (exact) mass is 285 g/mol. The number of carboxylic acids is 1. The Kier molecular flexibility index (Phi) is 5.91. The third-order valence-corrected chi connectivity index (χ3v) is 3.85. The van der Waals surface area contributed by atoms with Gasteiger partial charge in [-0.05, 0) is 36.9 Å². The lowest BCUT2D eigenvalue weighted by atomic mass is 10.1. The molecule has 19 heavy (non-hydrogen) atoms. The van der Waals surface area contributed by atoms with E-state index in [4.69, 9.17) is 5.11 Å². The van der Waals surface area contributed by atoms with Crippen LogP contribution >= 0.6 is 12.6 Å². The first-order valence-electron chi connectivity index (χ1n) is 6.73. The van der Waals surface area contributed by atoms with Crippen molar-refractivity contribution in [1.29, 1.82) is 0 Å². The number of nitrogens with one attached hydrogen (secondary N) is 1. The highest BCUT2D eigenvalue weighted by molar-refractivity contribution is 7.80. The van der Waals surface area contributed by atoms with E-state index in [1.165, 1.54) is 0 Å². The Hall–Kier alpha value is -0.970. The van der Waals surface area contributed by atoms with Gasteiger partial charge in [0.15, 0.2) is 0 Å². The summed E-state index contributed by atoms with van der Waals surface area (Å²) in [5.74, 6) is -0.447. The van der Waals surface area contributed by atoms with Crippen LogP contribution in [0.25, 0.3) is 0 Å². The minimum atomic E-state index is -1.07. The van der Waals surface area contributed by atoms with E-state index in [2.05, 4.69) is 17.9 Å². The molecule has 1 saturated carbocycles. The number of amides is 1. The van der Waals surface area contributed by atoms with Gasteiger partial charge in [0, 0.05) is 5.92 Å². The molecule has 0 saturated heterocycles. The van der Waals surface area contributed by atoms with Gasteiger partial charge in [0.25, 0.3) is 0 Å². The Morgan fingerprint density at radius 1 is 1.37 bits per heavy atom. The summed E-state index contributed by atoms with van der Waals surface area (Å²) in [6, 6.07) is 0. The minimum absolute atomic E-state index is 0.0126. The average molecular weight is 285 g/mol. The fourth-order valence-corrected chi connectivity index (χ4v) is 2.23. The van der Waals surface area contributed by atoms with Gasteiger partial charge in [-0.1, -0.05) is 26.3 Å². The summed E-state index contributed by atoms with van der Waals surface area (Å²) in [6.45, 7) is 4.03. The van der Waals surface area contributed by atoms with Crippen molar-refractivity contribution in [1.82, 2.24) is 5.32 Å². The lowest BCUT2D eigenvalue weighted by Crippen LogP contribution is -2.29. The van der Waals surface area contributed by atoms with Crippen LogP contribution < -0.4 is 5.32 Å². The fraction of sp³-hybridized carbons (Fsp3) is 0.714. The number of carbonyl (C=O) groups excluding carboxylic acids is 1. The second kappa shape index (κ2) is 6.98. The quantitative estimate of drug-likeness (QED) is 0.365. The van der Waals surface area contributed by atoms with Crippen molar-refractivity contribution in [3.05, 3.63) is 11.8 Å². The highest BCUT2D eigenvalue weighted by atomic mass is 32.1.